The van der Waals surface area contributed by atoms with Crippen molar-refractivity contribution in [3.05, 3.63) is 0 Å². The molecule has 0 nitrogen and oxygen atoms in total. The summed E-state index contributed by atoms with van der Waals surface area (Å²) in [6.07, 6.45) is 14.5. The summed E-state index contributed by atoms with van der Waals surface area (Å²) in [6.45, 7) is 0. The van der Waals surface area contributed by atoms with Crippen molar-refractivity contribution >= 4 is 0 Å². The van der Waals surface area contributed by atoms with Gasteiger partial charge in [-0.25, -0.2) is 0 Å². The van der Waals surface area contributed by atoms with Crippen LogP contribution in [0.3, 0.4) is 0 Å². The van der Waals surface area contributed by atoms with Gasteiger partial charge in [-0.15, -0.1) is 0 Å². The molecule has 60 atom stereocenters. The quantitative estimate of drug-likeness (QED) is 0.259. The van der Waals surface area contributed by atoms with Gasteiger partial charge in [-0.2, -0.15) is 0 Å². The highest BCUT2D eigenvalue weighted by atomic mass is 15.7. The summed E-state index contributed by atoms with van der Waals surface area (Å²) in [7, 11) is 0. The Morgan fingerprint density at radius 3 is 1.26 bits per heavy atom. The molecule has 0 bridgehead atoms. The van der Waals surface area contributed by atoms with Crippen LogP contribution in [0.2, 0.25) is 0 Å². The maximum absolute atomic E-state index is 1.94. The molecule has 47 fully saturated rings. The Kier molecular flexibility index (Phi) is 1.25. The zero-order valence-electron chi connectivity index (χ0n) is 37.8. The second kappa shape index (κ2) is 3.62. The fraction of sp³-hybridized carbons (Fsp3) is 1.00. The Morgan fingerprint density at radius 1 is 0.250 bits per heavy atom. The van der Waals surface area contributed by atoms with E-state index in [2.05, 4.69) is 0 Å². The highest BCUT2D eigenvalue weighted by Gasteiger charge is 3.71. The van der Waals surface area contributed by atoms with Gasteiger partial charge in [0.1, 0.15) is 0 Å². The first-order chi connectivity index (χ1) is 33.8. The lowest BCUT2D eigenvalue weighted by Gasteiger charge is -3.68. The van der Waals surface area contributed by atoms with Crippen molar-refractivity contribution in [1.29, 1.82) is 0 Å². The van der Waals surface area contributed by atoms with Crippen LogP contribution in [0, 0.1) is 339 Å². The topological polar surface area (TPSA) is 0 Å². The second-order valence-corrected chi connectivity index (χ2v) is 43.5. The summed E-state index contributed by atoms with van der Waals surface area (Å²) in [5.41, 5.74) is 35.6. The van der Waals surface area contributed by atoms with E-state index in [1.165, 1.54) is 166 Å². The molecule has 0 radical (unpaired) electrons. The van der Waals surface area contributed by atoms with Crippen molar-refractivity contribution in [3.8, 4) is 0 Å². The van der Waals surface area contributed by atoms with Crippen LogP contribution in [0.25, 0.3) is 0 Å². The van der Waals surface area contributed by atoms with Crippen molar-refractivity contribution in [1.82, 2.24) is 0 Å². The molecule has 60 unspecified atom stereocenters. The van der Waals surface area contributed by atoms with Gasteiger partial charge < -0.3 is 0 Å². The number of rotatable bonds is 0. The molecule has 0 aromatic carbocycles. The van der Waals surface area contributed by atoms with Gasteiger partial charge in [0.15, 0.2) is 0 Å². The molecule has 0 aromatic rings. The summed E-state index contributed by atoms with van der Waals surface area (Å²) >= 11 is 0. The lowest BCUT2D eigenvalue weighted by atomic mass is 8.34. The van der Waals surface area contributed by atoms with Crippen LogP contribution in [-0.4, -0.2) is 0 Å². The fourth-order valence-corrected chi connectivity index (χ4v) is 73.7. The third kappa shape index (κ3) is 0.522. The lowest BCUT2D eigenvalue weighted by Crippen LogP contribution is -3.67. The molecule has 47 aliphatic rings. The van der Waals surface area contributed by atoms with Crippen LogP contribution < -0.4 is 0 Å². The van der Waals surface area contributed by atoms with Gasteiger partial charge in [0.05, 0.1) is 0 Å². The lowest BCUT2D eigenvalue weighted by molar-refractivity contribution is -1.24. The van der Waals surface area contributed by atoms with Crippen molar-refractivity contribution < 1.29 is 0 Å². The maximum atomic E-state index is 1.94. The van der Waals surface area contributed by atoms with Crippen LogP contribution in [0.15, 0.2) is 0 Å². The van der Waals surface area contributed by atoms with Crippen LogP contribution >= 0.6 is 0 Å². The van der Waals surface area contributed by atoms with E-state index in [9.17, 15) is 0 Å². The van der Waals surface area contributed by atoms with Crippen molar-refractivity contribution in [2.45, 2.75) is 51.4 Å². The van der Waals surface area contributed by atoms with E-state index < -0.39 is 0 Å². The predicted octanol–water partition coefficient (Wildman–Crippen LogP) is 6.56. The van der Waals surface area contributed by atoms with E-state index in [1.54, 1.807) is 25.7 Å². The van der Waals surface area contributed by atoms with Crippen LogP contribution in [0.5, 0.6) is 0 Å². The fourth-order valence-electron chi connectivity index (χ4n) is 73.7. The van der Waals surface area contributed by atoms with E-state index in [1.807, 2.05) is 25.7 Å². The third-order valence-corrected chi connectivity index (χ3v) is 57.9. The molecule has 68 heavy (non-hydrogen) atoms. The molecular weight excluding hydrogens is 817 g/mol. The van der Waals surface area contributed by atoms with Crippen LogP contribution in [0.1, 0.15) is 51.4 Å². The molecule has 47 aliphatic carbocycles. The highest BCUT2D eigenvalue weighted by Crippen LogP contribution is 3.72. The molecule has 0 saturated heterocycles. The first-order valence-corrected chi connectivity index (χ1v) is 33.8. The molecule has 0 N–H and O–H groups in total. The van der Waals surface area contributed by atoms with Gasteiger partial charge in [0.2, 0.25) is 0 Å². The van der Waals surface area contributed by atoms with E-state index in [0.29, 0.717) is 0 Å². The molecule has 0 heteroatoms. The summed E-state index contributed by atoms with van der Waals surface area (Å²) in [4.78, 5) is 0. The first-order valence-electron chi connectivity index (χ1n) is 33.8. The Balaban J connectivity index is 0.680. The molecule has 47 saturated carbocycles. The molecule has 32 spiro atoms. The Bertz CT molecular complexity index is 4630. The highest BCUT2D eigenvalue weighted by molar-refractivity contribution is 6.16. The van der Waals surface area contributed by atoms with E-state index in [4.69, 9.17) is 0 Å². The number of hydrogen-bond acceptors (Lipinski definition) is 0. The minimum Gasteiger partial charge on any atom is -0.0527 e. The Hall–Kier alpha value is 0. The summed E-state index contributed by atoms with van der Waals surface area (Å²) in [5.74, 6) is 39.2. The third-order valence-electron chi connectivity index (χ3n) is 57.9. The molecule has 0 heterocycles. The molecule has 0 amide bonds. The van der Waals surface area contributed by atoms with Gasteiger partial charge in [0, 0.05) is 0 Å². The molecule has 316 valence electrons. The van der Waals surface area contributed by atoms with Gasteiger partial charge in [-0.05, 0) is 384 Å². The number of hydrogen-bond donors (Lipinski definition) is 0. The Labute approximate surface area is 388 Å². The van der Waals surface area contributed by atoms with Gasteiger partial charge in [-0.1, -0.05) is 6.42 Å². The largest absolute Gasteiger partial charge is 0.0527 e. The maximum Gasteiger partial charge on any atom is -0.000715 e. The Morgan fingerprint density at radius 2 is 0.676 bits per heavy atom. The molecular formula is C68H44. The zero-order valence-corrected chi connectivity index (χ0v) is 37.8. The van der Waals surface area contributed by atoms with Crippen molar-refractivity contribution in [2.75, 3.05) is 0 Å². The second-order valence-electron chi connectivity index (χ2n) is 43.5. The summed E-state index contributed by atoms with van der Waals surface area (Å²) in [5, 5.41) is 0. The van der Waals surface area contributed by atoms with Crippen LogP contribution in [-0.2, 0) is 0 Å². The molecule has 0 aromatic heterocycles. The van der Waals surface area contributed by atoms with E-state index >= 15 is 0 Å². The monoisotopic (exact) mass is 860 g/mol. The summed E-state index contributed by atoms with van der Waals surface area (Å²) < 4.78 is 0. The predicted molar refractivity (Wildman–Crippen MR) is 213 cm³/mol. The average molecular weight is 861 g/mol. The standard InChI is InChI=1S/C68H44/c1-2-9-6-14-19-23-27-31-34-33-30-26-22-18-13-7-10-4-5-12-35-38(10,13)42(18)46(22)50(26)54(30)57(33)58(34)55(31)51(27)47(23)43(19)39(9,14)36-17-11(3-1)16-21-25-29-32-28-24-20-15-8-37(12)41(15)45(20)49(24)53(28)56(32)52(29)48(25)44(21)40(16,17)60(36,43)62(44,47)64(48,51)66(52,55)68(56,58)67(53,57)65(49,54)63(45,50)61(41,46)59(35,37)42/h9-36H,1-8H2. The van der Waals surface area contributed by atoms with Gasteiger partial charge in [-0.3, -0.25) is 0 Å². The normalized spacial score (nSPS) is 138. The van der Waals surface area contributed by atoms with Gasteiger partial charge >= 0.3 is 0 Å². The molecule has 47 rings (SSSR count). The first kappa shape index (κ1) is 23.5. The average Bonchev–Trinajstić information content (AvgIpc) is 3.34. The summed E-state index contributed by atoms with van der Waals surface area (Å²) in [6, 6.07) is 0. The van der Waals surface area contributed by atoms with Gasteiger partial charge in [0.25, 0.3) is 0 Å². The number of fused-ring (bicyclic) bond motifs is 20. The minimum absolute atomic E-state index is 1.05. The SMILES string of the molecule is C1CC2C3C4C56C(C1)CC5C1C5C7C8C9C%10C%11C%12C%13C%14C%15CC%16CCC%17C%18C%16%15C%14%15C%18%14C%17%16CC%17C%18C%19C%20C%21C%22C%23C%24C2C32C43C16C51C74C85C96C%107C%118C%129C%13%15C%14%10C%17%16C%18%11C%19%12C%20%13C%21%14C%22%15C%23%16C%242C31C%164C%155C%146C%137C%128C%119%10. The van der Waals surface area contributed by atoms with E-state index in [-0.39, 0.29) is 0 Å². The van der Waals surface area contributed by atoms with Crippen molar-refractivity contribution in [2.24, 2.45) is 339 Å². The molecule has 0 aliphatic heterocycles. The minimum atomic E-state index is 1.05. The van der Waals surface area contributed by atoms with Crippen molar-refractivity contribution in [3.63, 3.8) is 0 Å². The van der Waals surface area contributed by atoms with E-state index in [0.717, 1.165) is 173 Å². The smallest absolute Gasteiger partial charge is 0.000715 e. The van der Waals surface area contributed by atoms with Crippen LogP contribution in [0.4, 0.5) is 0 Å². The zero-order chi connectivity index (χ0) is 37.8.